The Bertz CT molecular complexity index is 546. The topological polar surface area (TPSA) is 32.3 Å². The molecule has 0 aliphatic rings. The number of carbonyl (C=O) groups excluding carboxylic acids is 1. The van der Waals surface area contributed by atoms with Crippen LogP contribution in [0, 0.1) is 0 Å². The van der Waals surface area contributed by atoms with E-state index in [2.05, 4.69) is 37.4 Å². The number of hydrogen-bond acceptors (Lipinski definition) is 2. The molecule has 130 valence electrons. The zero-order valence-electron chi connectivity index (χ0n) is 15.1. The molecule has 0 saturated carbocycles. The van der Waals surface area contributed by atoms with Crippen LogP contribution in [0.4, 0.5) is 0 Å². The minimum Gasteiger partial charge on any atom is -0.333 e. The molecule has 0 aliphatic carbocycles. The van der Waals surface area contributed by atoms with Crippen LogP contribution in [0.1, 0.15) is 32.8 Å². The summed E-state index contributed by atoms with van der Waals surface area (Å²) in [7, 11) is 0. The highest BCUT2D eigenvalue weighted by Crippen LogP contribution is 2.13. The number of carbonyl (C=O) groups is 1. The Kier molecular flexibility index (Phi) is 10.2. The second-order valence-electron chi connectivity index (χ2n) is 5.80. The lowest BCUT2D eigenvalue weighted by Crippen LogP contribution is -2.42. The third-order valence-electron chi connectivity index (χ3n) is 3.81. The molecule has 1 N–H and O–H groups in total. The van der Waals surface area contributed by atoms with Crippen LogP contribution in [0.15, 0.2) is 66.3 Å². The van der Waals surface area contributed by atoms with Gasteiger partial charge in [0.25, 0.3) is 0 Å². The van der Waals surface area contributed by atoms with Gasteiger partial charge in [-0.1, -0.05) is 67.6 Å². The minimum absolute atomic E-state index is 0.0458. The monoisotopic (exact) mass is 326 g/mol. The van der Waals surface area contributed by atoms with Crippen molar-refractivity contribution in [2.24, 2.45) is 0 Å². The van der Waals surface area contributed by atoms with Crippen LogP contribution < -0.4 is 5.32 Å². The Labute approximate surface area is 146 Å². The number of nitrogens with one attached hydrogen (secondary N) is 1. The average molecular weight is 326 g/mol. The fourth-order valence-electron chi connectivity index (χ4n) is 2.46. The minimum atomic E-state index is 0.0458. The van der Waals surface area contributed by atoms with E-state index in [1.54, 1.807) is 0 Å². The van der Waals surface area contributed by atoms with Crippen molar-refractivity contribution in [3.8, 4) is 0 Å². The SMILES string of the molecule is C\C=C/C=C\C=C(/C)C(CNCCC)N(C=O)Cc1ccccc1. The number of amides is 1. The van der Waals surface area contributed by atoms with E-state index in [4.69, 9.17) is 0 Å². The molecule has 24 heavy (non-hydrogen) atoms. The van der Waals surface area contributed by atoms with Crippen molar-refractivity contribution in [1.29, 1.82) is 0 Å². The average Bonchev–Trinajstić information content (AvgIpc) is 2.61. The molecule has 3 nitrogen and oxygen atoms in total. The van der Waals surface area contributed by atoms with Crippen LogP contribution in [0.5, 0.6) is 0 Å². The number of benzene rings is 1. The van der Waals surface area contributed by atoms with Gasteiger partial charge in [0.15, 0.2) is 0 Å². The second-order valence-corrected chi connectivity index (χ2v) is 5.80. The van der Waals surface area contributed by atoms with Gasteiger partial charge in [0.1, 0.15) is 0 Å². The fraction of sp³-hybridized carbons (Fsp3) is 0.381. The lowest BCUT2D eigenvalue weighted by molar-refractivity contribution is -0.120. The molecule has 0 aliphatic heterocycles. The predicted molar refractivity (Wildman–Crippen MR) is 103 cm³/mol. The van der Waals surface area contributed by atoms with Gasteiger partial charge < -0.3 is 10.2 Å². The van der Waals surface area contributed by atoms with E-state index in [0.29, 0.717) is 6.54 Å². The van der Waals surface area contributed by atoms with Crippen LogP contribution >= 0.6 is 0 Å². The van der Waals surface area contributed by atoms with Gasteiger partial charge in [0, 0.05) is 13.1 Å². The molecule has 1 unspecified atom stereocenters. The summed E-state index contributed by atoms with van der Waals surface area (Å²) in [5.41, 5.74) is 2.31. The van der Waals surface area contributed by atoms with Crippen LogP contribution in [0.3, 0.4) is 0 Å². The Morgan fingerprint density at radius 1 is 1.21 bits per heavy atom. The van der Waals surface area contributed by atoms with Crippen LogP contribution in [-0.4, -0.2) is 30.4 Å². The maximum atomic E-state index is 11.7. The zero-order chi connectivity index (χ0) is 17.6. The van der Waals surface area contributed by atoms with E-state index in [9.17, 15) is 4.79 Å². The molecule has 0 radical (unpaired) electrons. The van der Waals surface area contributed by atoms with E-state index in [1.807, 2.05) is 54.3 Å². The number of hydrogen-bond donors (Lipinski definition) is 1. The number of rotatable bonds is 11. The van der Waals surface area contributed by atoms with Crippen LogP contribution in [-0.2, 0) is 11.3 Å². The second kappa shape index (κ2) is 12.3. The molecule has 0 fully saturated rings. The van der Waals surface area contributed by atoms with E-state index < -0.39 is 0 Å². The van der Waals surface area contributed by atoms with Crippen LogP contribution in [0.25, 0.3) is 0 Å². The molecular formula is C21H30N2O. The highest BCUT2D eigenvalue weighted by Gasteiger charge is 2.18. The van der Waals surface area contributed by atoms with E-state index >= 15 is 0 Å². The maximum absolute atomic E-state index is 11.7. The molecule has 0 aromatic heterocycles. The van der Waals surface area contributed by atoms with E-state index in [-0.39, 0.29) is 6.04 Å². The fourth-order valence-corrected chi connectivity index (χ4v) is 2.46. The largest absolute Gasteiger partial charge is 0.333 e. The quantitative estimate of drug-likeness (QED) is 0.377. The van der Waals surface area contributed by atoms with Crippen molar-refractivity contribution in [3.63, 3.8) is 0 Å². The number of nitrogens with zero attached hydrogens (tertiary/aromatic N) is 1. The zero-order valence-corrected chi connectivity index (χ0v) is 15.1. The first-order valence-electron chi connectivity index (χ1n) is 8.64. The summed E-state index contributed by atoms with van der Waals surface area (Å²) in [6.45, 7) is 8.56. The normalized spacial score (nSPS) is 13.5. The Balaban J connectivity index is 2.89. The molecule has 0 bridgehead atoms. The third-order valence-corrected chi connectivity index (χ3v) is 3.81. The van der Waals surface area contributed by atoms with Gasteiger partial charge in [-0.05, 0) is 37.9 Å². The van der Waals surface area contributed by atoms with Gasteiger partial charge in [-0.3, -0.25) is 4.79 Å². The van der Waals surface area contributed by atoms with Crippen molar-refractivity contribution in [2.75, 3.05) is 13.1 Å². The molecule has 1 atom stereocenters. The summed E-state index contributed by atoms with van der Waals surface area (Å²) in [5, 5.41) is 3.44. The first-order chi connectivity index (χ1) is 11.7. The van der Waals surface area contributed by atoms with Gasteiger partial charge in [-0.15, -0.1) is 0 Å². The molecule has 1 rings (SSSR count). The first kappa shape index (κ1) is 19.9. The summed E-state index contributed by atoms with van der Waals surface area (Å²) in [5.74, 6) is 0. The standard InChI is InChI=1S/C21H30N2O/c1-4-6-7-9-12-19(3)21(16-22-15-5-2)23(18-24)17-20-13-10-8-11-14-20/h4,6-14,18,21-22H,5,15-17H2,1-3H3/b6-4-,9-7-,19-12+. The van der Waals surface area contributed by atoms with Gasteiger partial charge in [0.05, 0.1) is 6.04 Å². The molecule has 1 aromatic rings. The van der Waals surface area contributed by atoms with Gasteiger partial charge in [-0.25, -0.2) is 0 Å². The maximum Gasteiger partial charge on any atom is 0.210 e. The first-order valence-corrected chi connectivity index (χ1v) is 8.64. The van der Waals surface area contributed by atoms with E-state index in [0.717, 1.165) is 31.5 Å². The lowest BCUT2D eigenvalue weighted by Gasteiger charge is -2.29. The Morgan fingerprint density at radius 3 is 2.58 bits per heavy atom. The summed E-state index contributed by atoms with van der Waals surface area (Å²) in [6.07, 6.45) is 12.1. The van der Waals surface area contributed by atoms with Gasteiger partial charge in [0.2, 0.25) is 6.41 Å². The molecule has 0 saturated heterocycles. The van der Waals surface area contributed by atoms with E-state index in [1.165, 1.54) is 5.57 Å². The highest BCUT2D eigenvalue weighted by atomic mass is 16.1. The van der Waals surface area contributed by atoms with Crippen molar-refractivity contribution in [3.05, 3.63) is 71.8 Å². The van der Waals surface area contributed by atoms with Crippen molar-refractivity contribution >= 4 is 6.41 Å². The van der Waals surface area contributed by atoms with Crippen molar-refractivity contribution < 1.29 is 4.79 Å². The van der Waals surface area contributed by atoms with Gasteiger partial charge in [-0.2, -0.15) is 0 Å². The summed E-state index contributed by atoms with van der Waals surface area (Å²) in [4.78, 5) is 13.6. The smallest absolute Gasteiger partial charge is 0.210 e. The number of allylic oxidation sites excluding steroid dienone is 5. The molecule has 0 spiro atoms. The van der Waals surface area contributed by atoms with Crippen molar-refractivity contribution in [2.45, 2.75) is 39.8 Å². The van der Waals surface area contributed by atoms with Crippen LogP contribution in [0.2, 0.25) is 0 Å². The Hall–Kier alpha value is -2.13. The summed E-state index contributed by atoms with van der Waals surface area (Å²) < 4.78 is 0. The molecule has 1 aromatic carbocycles. The molecule has 1 amide bonds. The lowest BCUT2D eigenvalue weighted by atomic mass is 10.1. The Morgan fingerprint density at radius 2 is 1.96 bits per heavy atom. The summed E-state index contributed by atoms with van der Waals surface area (Å²) in [6, 6.07) is 10.2. The van der Waals surface area contributed by atoms with Gasteiger partial charge >= 0.3 is 0 Å². The summed E-state index contributed by atoms with van der Waals surface area (Å²) >= 11 is 0. The molecule has 0 heterocycles. The molecular weight excluding hydrogens is 296 g/mol. The predicted octanol–water partition coefficient (Wildman–Crippen LogP) is 4.09. The highest BCUT2D eigenvalue weighted by molar-refractivity contribution is 5.50. The molecule has 3 heteroatoms. The van der Waals surface area contributed by atoms with Crippen molar-refractivity contribution in [1.82, 2.24) is 10.2 Å². The third kappa shape index (κ3) is 7.42.